The molecule has 0 amide bonds. The van der Waals surface area contributed by atoms with Crippen LogP contribution >= 0.6 is 11.6 Å². The summed E-state index contributed by atoms with van der Waals surface area (Å²) in [6, 6.07) is 4.04. The largest absolute Gasteiger partial charge is 0.307 e. The zero-order chi connectivity index (χ0) is 11.1. The van der Waals surface area contributed by atoms with Gasteiger partial charge in [-0.25, -0.2) is 0 Å². The van der Waals surface area contributed by atoms with E-state index in [4.69, 9.17) is 11.6 Å². The smallest absolute Gasteiger partial charge is 0.0312 e. The third-order valence-electron chi connectivity index (χ3n) is 2.87. The molecule has 1 rings (SSSR count). The van der Waals surface area contributed by atoms with Crippen LogP contribution in [-0.2, 0) is 6.54 Å². The Bertz CT molecular complexity index is 276. The van der Waals surface area contributed by atoms with Gasteiger partial charge in [-0.1, -0.05) is 13.0 Å². The number of pyridine rings is 1. The lowest BCUT2D eigenvalue weighted by Gasteiger charge is -2.29. The number of rotatable bonds is 6. The average Bonchev–Trinajstić information content (AvgIpc) is 2.28. The molecular weight excluding hydrogens is 208 g/mol. The quantitative estimate of drug-likeness (QED) is 0.755. The zero-order valence-corrected chi connectivity index (χ0v) is 10.2. The molecular formula is C12H19ClN2. The molecule has 0 bridgehead atoms. The minimum absolute atomic E-state index is 0.136. The fourth-order valence-corrected chi connectivity index (χ4v) is 1.83. The number of alkyl halides is 1. The molecule has 84 valence electrons. The van der Waals surface area contributed by atoms with Crippen LogP contribution in [0, 0.1) is 0 Å². The first kappa shape index (κ1) is 12.5. The Morgan fingerprint density at radius 1 is 1.53 bits per heavy atom. The van der Waals surface area contributed by atoms with Crippen LogP contribution in [0.25, 0.3) is 0 Å². The highest BCUT2D eigenvalue weighted by Crippen LogP contribution is 2.15. The van der Waals surface area contributed by atoms with E-state index in [0.717, 1.165) is 19.4 Å². The normalized spacial score (nSPS) is 14.9. The summed E-state index contributed by atoms with van der Waals surface area (Å²) >= 11 is 5.79. The lowest BCUT2D eigenvalue weighted by Crippen LogP contribution is -2.41. The van der Waals surface area contributed by atoms with Gasteiger partial charge in [0.05, 0.1) is 0 Å². The molecule has 1 aromatic heterocycles. The van der Waals surface area contributed by atoms with Gasteiger partial charge >= 0.3 is 0 Å². The van der Waals surface area contributed by atoms with Gasteiger partial charge in [-0.05, 0) is 31.4 Å². The molecule has 15 heavy (non-hydrogen) atoms. The van der Waals surface area contributed by atoms with Crippen molar-refractivity contribution in [3.05, 3.63) is 30.1 Å². The third-order valence-corrected chi connectivity index (χ3v) is 3.06. The van der Waals surface area contributed by atoms with Gasteiger partial charge in [0.1, 0.15) is 0 Å². The summed E-state index contributed by atoms with van der Waals surface area (Å²) in [6.45, 7) is 5.25. The number of hydrogen-bond donors (Lipinski definition) is 1. The molecule has 2 nitrogen and oxygen atoms in total. The lowest BCUT2D eigenvalue weighted by atomic mass is 9.95. The topological polar surface area (TPSA) is 24.9 Å². The molecule has 0 aliphatic heterocycles. The van der Waals surface area contributed by atoms with Gasteiger partial charge in [-0.2, -0.15) is 0 Å². The first-order chi connectivity index (χ1) is 7.20. The second-order valence-corrected chi connectivity index (χ2v) is 4.45. The van der Waals surface area contributed by atoms with Crippen LogP contribution in [0.5, 0.6) is 0 Å². The van der Waals surface area contributed by atoms with Gasteiger partial charge in [0.2, 0.25) is 0 Å². The van der Waals surface area contributed by atoms with Crippen molar-refractivity contribution in [1.29, 1.82) is 0 Å². The summed E-state index contributed by atoms with van der Waals surface area (Å²) in [7, 11) is 0. The van der Waals surface area contributed by atoms with E-state index in [-0.39, 0.29) is 5.54 Å². The maximum absolute atomic E-state index is 5.79. The molecule has 0 saturated heterocycles. The number of halogens is 1. The van der Waals surface area contributed by atoms with Gasteiger partial charge in [0.15, 0.2) is 0 Å². The first-order valence-corrected chi connectivity index (χ1v) is 5.93. The fraction of sp³-hybridized carbons (Fsp3) is 0.583. The van der Waals surface area contributed by atoms with E-state index in [1.54, 1.807) is 6.20 Å². The predicted octanol–water partition coefficient (Wildman–Crippen LogP) is 2.97. The van der Waals surface area contributed by atoms with E-state index in [2.05, 4.69) is 30.2 Å². The minimum atomic E-state index is 0.136. The Morgan fingerprint density at radius 3 is 2.87 bits per heavy atom. The van der Waals surface area contributed by atoms with Crippen LogP contribution in [0.1, 0.15) is 32.3 Å². The Labute approximate surface area is 97.1 Å². The van der Waals surface area contributed by atoms with Gasteiger partial charge in [-0.15, -0.1) is 11.6 Å². The van der Waals surface area contributed by atoms with Crippen molar-refractivity contribution in [3.63, 3.8) is 0 Å². The summed E-state index contributed by atoms with van der Waals surface area (Å²) in [5.41, 5.74) is 1.35. The van der Waals surface area contributed by atoms with Crippen molar-refractivity contribution in [2.75, 3.05) is 5.88 Å². The molecule has 0 radical (unpaired) electrons. The van der Waals surface area contributed by atoms with Crippen molar-refractivity contribution in [2.24, 2.45) is 0 Å². The third kappa shape index (κ3) is 4.18. The minimum Gasteiger partial charge on any atom is -0.307 e. The van der Waals surface area contributed by atoms with E-state index in [0.29, 0.717) is 5.88 Å². The van der Waals surface area contributed by atoms with Crippen LogP contribution in [-0.4, -0.2) is 16.4 Å². The van der Waals surface area contributed by atoms with Crippen molar-refractivity contribution < 1.29 is 0 Å². The molecule has 3 heteroatoms. The van der Waals surface area contributed by atoms with E-state index in [1.807, 2.05) is 12.3 Å². The zero-order valence-electron chi connectivity index (χ0n) is 9.46. The molecule has 0 spiro atoms. The van der Waals surface area contributed by atoms with Gasteiger partial charge in [-0.3, -0.25) is 4.98 Å². The Hall–Kier alpha value is -0.600. The highest BCUT2D eigenvalue weighted by atomic mass is 35.5. The molecule has 1 atom stereocenters. The summed E-state index contributed by atoms with van der Waals surface area (Å²) in [6.07, 6.45) is 5.76. The highest BCUT2D eigenvalue weighted by molar-refractivity contribution is 6.17. The average molecular weight is 227 g/mol. The van der Waals surface area contributed by atoms with Gasteiger partial charge in [0.25, 0.3) is 0 Å². The SMILES string of the molecule is CCC(C)(CCCl)NCc1cccnc1. The summed E-state index contributed by atoms with van der Waals surface area (Å²) in [4.78, 5) is 4.09. The molecule has 1 heterocycles. The number of nitrogens with zero attached hydrogens (tertiary/aromatic N) is 1. The van der Waals surface area contributed by atoms with Crippen LogP contribution < -0.4 is 5.32 Å². The van der Waals surface area contributed by atoms with Crippen LogP contribution in [0.3, 0.4) is 0 Å². The number of nitrogens with one attached hydrogen (secondary N) is 1. The molecule has 0 aromatic carbocycles. The lowest BCUT2D eigenvalue weighted by molar-refractivity contribution is 0.331. The molecule has 0 fully saturated rings. The highest BCUT2D eigenvalue weighted by Gasteiger charge is 2.19. The molecule has 1 unspecified atom stereocenters. The van der Waals surface area contributed by atoms with E-state index >= 15 is 0 Å². The Balaban J connectivity index is 2.47. The predicted molar refractivity (Wildman–Crippen MR) is 65.1 cm³/mol. The molecule has 0 aliphatic carbocycles. The maximum Gasteiger partial charge on any atom is 0.0312 e. The second-order valence-electron chi connectivity index (χ2n) is 4.07. The molecule has 1 N–H and O–H groups in total. The van der Waals surface area contributed by atoms with E-state index < -0.39 is 0 Å². The number of hydrogen-bond acceptors (Lipinski definition) is 2. The van der Waals surface area contributed by atoms with Crippen LogP contribution in [0.2, 0.25) is 0 Å². The molecule has 1 aromatic rings. The molecule has 0 aliphatic rings. The second kappa shape index (κ2) is 6.09. The standard InChI is InChI=1S/C12H19ClN2/c1-3-12(2,6-7-13)15-10-11-5-4-8-14-9-11/h4-5,8-9,15H,3,6-7,10H2,1-2H3. The first-order valence-electron chi connectivity index (χ1n) is 5.40. The van der Waals surface area contributed by atoms with E-state index in [9.17, 15) is 0 Å². The summed E-state index contributed by atoms with van der Waals surface area (Å²) in [5, 5.41) is 3.54. The summed E-state index contributed by atoms with van der Waals surface area (Å²) < 4.78 is 0. The van der Waals surface area contributed by atoms with E-state index in [1.165, 1.54) is 5.56 Å². The van der Waals surface area contributed by atoms with Gasteiger partial charge < -0.3 is 5.32 Å². The molecule has 0 saturated carbocycles. The van der Waals surface area contributed by atoms with Gasteiger partial charge in [0, 0.05) is 30.4 Å². The van der Waals surface area contributed by atoms with Crippen LogP contribution in [0.4, 0.5) is 0 Å². The van der Waals surface area contributed by atoms with Crippen LogP contribution in [0.15, 0.2) is 24.5 Å². The monoisotopic (exact) mass is 226 g/mol. The van der Waals surface area contributed by atoms with Crippen molar-refractivity contribution in [2.45, 2.75) is 38.8 Å². The fourth-order valence-electron chi connectivity index (χ4n) is 1.42. The maximum atomic E-state index is 5.79. The van der Waals surface area contributed by atoms with Crippen molar-refractivity contribution in [1.82, 2.24) is 10.3 Å². The van der Waals surface area contributed by atoms with Crippen molar-refractivity contribution >= 4 is 11.6 Å². The Kier molecular flexibility index (Phi) is 5.06. The summed E-state index contributed by atoms with van der Waals surface area (Å²) in [5.74, 6) is 0.699. The number of aromatic nitrogens is 1. The Morgan fingerprint density at radius 2 is 2.33 bits per heavy atom. The van der Waals surface area contributed by atoms with Crippen molar-refractivity contribution in [3.8, 4) is 0 Å².